The first-order valence-electron chi connectivity index (χ1n) is 4.00. The number of carbonyl (C=O) groups excluding carboxylic acids is 1. The predicted octanol–water partition coefficient (Wildman–Crippen LogP) is 1.34. The lowest BCUT2D eigenvalue weighted by Gasteiger charge is -2.01. The summed E-state index contributed by atoms with van der Waals surface area (Å²) in [5.74, 6) is -0.441. The van der Waals surface area contributed by atoms with Gasteiger partial charge in [0.2, 0.25) is 5.91 Å². The second kappa shape index (κ2) is 3.01. The molecule has 0 aliphatic carbocycles. The molecule has 2 rings (SSSR count). The third-order valence-electron chi connectivity index (χ3n) is 1.98. The molecule has 0 spiro atoms. The van der Waals surface area contributed by atoms with Crippen LogP contribution in [-0.4, -0.2) is 12.5 Å². The van der Waals surface area contributed by atoms with Crippen molar-refractivity contribution in [2.45, 2.75) is 0 Å². The highest BCUT2D eigenvalue weighted by atomic mass is 19.1. The van der Waals surface area contributed by atoms with Crippen molar-refractivity contribution in [3.8, 4) is 0 Å². The zero-order valence-corrected chi connectivity index (χ0v) is 6.88. The first-order valence-corrected chi connectivity index (χ1v) is 4.00. The zero-order chi connectivity index (χ0) is 9.26. The van der Waals surface area contributed by atoms with Crippen LogP contribution in [0.3, 0.4) is 0 Å². The molecule has 0 saturated carbocycles. The van der Waals surface area contributed by atoms with Gasteiger partial charge in [-0.3, -0.25) is 4.79 Å². The fraction of sp³-hybridized carbons (Fsp3) is 0.100. The maximum absolute atomic E-state index is 13.2. The molecular weight excluding hydrogens is 169 g/mol. The summed E-state index contributed by atoms with van der Waals surface area (Å²) < 4.78 is 13.2. The molecule has 0 atom stereocenters. The van der Waals surface area contributed by atoms with E-state index in [4.69, 9.17) is 0 Å². The average Bonchev–Trinajstić information content (AvgIpc) is 2.53. The van der Waals surface area contributed by atoms with Crippen molar-refractivity contribution in [2.24, 2.45) is 0 Å². The summed E-state index contributed by atoms with van der Waals surface area (Å²) in [7, 11) is 0. The summed E-state index contributed by atoms with van der Waals surface area (Å²) in [6, 6.07) is 6.44. The Morgan fingerprint density at radius 2 is 2.08 bits per heavy atom. The molecule has 1 aliphatic heterocycles. The van der Waals surface area contributed by atoms with Crippen LogP contribution in [0.4, 0.5) is 4.39 Å². The number of hydrogen-bond acceptors (Lipinski definition) is 1. The Morgan fingerprint density at radius 3 is 2.69 bits per heavy atom. The number of nitrogens with one attached hydrogen (secondary N) is 1. The van der Waals surface area contributed by atoms with Crippen molar-refractivity contribution >= 4 is 11.5 Å². The van der Waals surface area contributed by atoms with E-state index >= 15 is 0 Å². The van der Waals surface area contributed by atoms with Gasteiger partial charge in [0.05, 0.1) is 0 Å². The van der Waals surface area contributed by atoms with Gasteiger partial charge in [0.15, 0.2) is 0 Å². The topological polar surface area (TPSA) is 29.1 Å². The minimum absolute atomic E-state index is 0.154. The molecule has 66 valence electrons. The third-order valence-corrected chi connectivity index (χ3v) is 1.98. The van der Waals surface area contributed by atoms with Crippen LogP contribution in [0.5, 0.6) is 0 Å². The highest BCUT2D eigenvalue weighted by molar-refractivity contribution is 6.00. The van der Waals surface area contributed by atoms with Gasteiger partial charge in [-0.25, -0.2) is 4.39 Å². The van der Waals surface area contributed by atoms with Crippen LogP contribution in [0.25, 0.3) is 5.57 Å². The predicted molar refractivity (Wildman–Crippen MR) is 47.4 cm³/mol. The normalized spacial score (nSPS) is 15.5. The first kappa shape index (κ1) is 7.98. The largest absolute Gasteiger partial charge is 0.348 e. The van der Waals surface area contributed by atoms with Crippen LogP contribution in [0.15, 0.2) is 30.3 Å². The van der Waals surface area contributed by atoms with Gasteiger partial charge in [-0.1, -0.05) is 18.2 Å². The van der Waals surface area contributed by atoms with Gasteiger partial charge in [0, 0.05) is 18.2 Å². The average molecular weight is 177 g/mol. The van der Waals surface area contributed by atoms with Crippen LogP contribution in [0, 0.1) is 5.82 Å². The van der Waals surface area contributed by atoms with E-state index < -0.39 is 0 Å². The summed E-state index contributed by atoms with van der Waals surface area (Å²) in [6.45, 7) is 0.416. The Bertz CT molecular complexity index is 384. The van der Waals surface area contributed by atoms with Gasteiger partial charge in [-0.15, -0.1) is 0 Å². The van der Waals surface area contributed by atoms with Gasteiger partial charge in [-0.2, -0.15) is 0 Å². The van der Waals surface area contributed by atoms with E-state index in [9.17, 15) is 9.18 Å². The molecule has 0 radical (unpaired) electrons. The molecule has 1 heterocycles. The molecule has 1 aliphatic rings. The van der Waals surface area contributed by atoms with E-state index in [1.165, 1.54) is 12.1 Å². The van der Waals surface area contributed by atoms with Gasteiger partial charge >= 0.3 is 0 Å². The van der Waals surface area contributed by atoms with Crippen LogP contribution in [0.1, 0.15) is 5.56 Å². The summed E-state index contributed by atoms with van der Waals surface area (Å²) >= 11 is 0. The molecule has 0 bridgehead atoms. The standard InChI is InChI=1S/C10H8FNO/c11-9-4-2-1-3-8(9)7-5-10(13)12-6-7/h1-5H,6H2,(H,12,13). The minimum Gasteiger partial charge on any atom is -0.348 e. The zero-order valence-electron chi connectivity index (χ0n) is 6.88. The number of halogens is 1. The number of amides is 1. The number of rotatable bonds is 1. The second-order valence-electron chi connectivity index (χ2n) is 2.87. The Balaban J connectivity index is 2.41. The van der Waals surface area contributed by atoms with Gasteiger partial charge in [0.1, 0.15) is 5.82 Å². The van der Waals surface area contributed by atoms with E-state index in [0.717, 1.165) is 0 Å². The van der Waals surface area contributed by atoms with Crippen LogP contribution >= 0.6 is 0 Å². The van der Waals surface area contributed by atoms with E-state index in [1.54, 1.807) is 18.2 Å². The van der Waals surface area contributed by atoms with E-state index in [0.29, 0.717) is 17.7 Å². The SMILES string of the molecule is O=C1C=C(c2ccccc2F)CN1. The van der Waals surface area contributed by atoms with Crippen molar-refractivity contribution in [2.75, 3.05) is 6.54 Å². The van der Waals surface area contributed by atoms with E-state index in [-0.39, 0.29) is 11.7 Å². The lowest BCUT2D eigenvalue weighted by molar-refractivity contribution is -0.115. The molecule has 0 unspecified atom stereocenters. The summed E-state index contributed by atoms with van der Waals surface area (Å²) in [6.07, 6.45) is 1.43. The molecule has 0 fully saturated rings. The van der Waals surface area contributed by atoms with Crippen molar-refractivity contribution in [1.29, 1.82) is 0 Å². The lowest BCUT2D eigenvalue weighted by Crippen LogP contribution is -2.14. The monoisotopic (exact) mass is 177 g/mol. The molecule has 0 saturated heterocycles. The Morgan fingerprint density at radius 1 is 1.31 bits per heavy atom. The number of benzene rings is 1. The van der Waals surface area contributed by atoms with Gasteiger partial charge < -0.3 is 5.32 Å². The summed E-state index contributed by atoms with van der Waals surface area (Å²) in [5, 5.41) is 2.60. The highest BCUT2D eigenvalue weighted by Crippen LogP contribution is 2.19. The Labute approximate surface area is 75.1 Å². The number of hydrogen-bond donors (Lipinski definition) is 1. The van der Waals surface area contributed by atoms with Crippen LogP contribution in [-0.2, 0) is 4.79 Å². The van der Waals surface area contributed by atoms with Crippen molar-refractivity contribution in [3.63, 3.8) is 0 Å². The molecule has 1 amide bonds. The molecule has 3 heteroatoms. The second-order valence-corrected chi connectivity index (χ2v) is 2.87. The molecule has 1 aromatic rings. The van der Waals surface area contributed by atoms with Crippen molar-refractivity contribution in [3.05, 3.63) is 41.7 Å². The Kier molecular flexibility index (Phi) is 1.85. The number of carbonyl (C=O) groups is 1. The summed E-state index contributed by atoms with van der Waals surface area (Å²) in [5.41, 5.74) is 1.21. The quantitative estimate of drug-likeness (QED) is 0.689. The van der Waals surface area contributed by atoms with Crippen LogP contribution in [0.2, 0.25) is 0 Å². The third kappa shape index (κ3) is 1.45. The maximum Gasteiger partial charge on any atom is 0.244 e. The van der Waals surface area contributed by atoms with Crippen LogP contribution < -0.4 is 5.32 Å². The smallest absolute Gasteiger partial charge is 0.244 e. The highest BCUT2D eigenvalue weighted by Gasteiger charge is 2.14. The molecule has 0 aromatic heterocycles. The fourth-order valence-electron chi connectivity index (χ4n) is 1.34. The van der Waals surface area contributed by atoms with Gasteiger partial charge in [0.25, 0.3) is 0 Å². The van der Waals surface area contributed by atoms with E-state index in [1.807, 2.05) is 0 Å². The van der Waals surface area contributed by atoms with Gasteiger partial charge in [-0.05, 0) is 11.6 Å². The summed E-state index contributed by atoms with van der Waals surface area (Å²) in [4.78, 5) is 10.8. The molecule has 1 aromatic carbocycles. The maximum atomic E-state index is 13.2. The lowest BCUT2D eigenvalue weighted by atomic mass is 10.1. The first-order chi connectivity index (χ1) is 6.27. The molecule has 13 heavy (non-hydrogen) atoms. The Hall–Kier alpha value is -1.64. The molecule has 1 N–H and O–H groups in total. The minimum atomic E-state index is -0.287. The molecule has 2 nitrogen and oxygen atoms in total. The van der Waals surface area contributed by atoms with Crippen molar-refractivity contribution in [1.82, 2.24) is 5.32 Å². The molecular formula is C10H8FNO. The van der Waals surface area contributed by atoms with E-state index in [2.05, 4.69) is 5.32 Å². The van der Waals surface area contributed by atoms with Crippen molar-refractivity contribution < 1.29 is 9.18 Å². The fourth-order valence-corrected chi connectivity index (χ4v) is 1.34.